The predicted molar refractivity (Wildman–Crippen MR) is 125 cm³/mol. The molecule has 1 atom stereocenters. The van der Waals surface area contributed by atoms with Gasteiger partial charge in [0.1, 0.15) is 23.7 Å². The quantitative estimate of drug-likeness (QED) is 0.375. The van der Waals surface area contributed by atoms with Gasteiger partial charge in [-0.3, -0.25) is 14.9 Å². The van der Waals surface area contributed by atoms with Crippen LogP contribution in [0.25, 0.3) is 10.8 Å². The lowest BCUT2D eigenvalue weighted by molar-refractivity contribution is -0.123. The third-order valence-corrected chi connectivity index (χ3v) is 5.73. The lowest BCUT2D eigenvalue weighted by Crippen LogP contribution is -2.40. The van der Waals surface area contributed by atoms with Crippen molar-refractivity contribution in [2.75, 3.05) is 5.32 Å². The molecule has 1 fully saturated rings. The van der Waals surface area contributed by atoms with Gasteiger partial charge in [-0.25, -0.2) is 4.79 Å². The van der Waals surface area contributed by atoms with E-state index in [0.29, 0.717) is 22.8 Å². The molecule has 1 unspecified atom stereocenters. The molecule has 0 spiro atoms. The van der Waals surface area contributed by atoms with E-state index in [2.05, 4.69) is 16.0 Å². The normalized spacial score (nSPS) is 17.3. The molecule has 0 aliphatic carbocycles. The van der Waals surface area contributed by atoms with Crippen molar-refractivity contribution in [3.63, 3.8) is 0 Å². The number of ether oxygens (including phenoxy) is 1. The average Bonchev–Trinajstić information content (AvgIpc) is 3.42. The summed E-state index contributed by atoms with van der Waals surface area (Å²) < 4.78 is 11.5. The topological polar surface area (TPSA) is 110 Å². The lowest BCUT2D eigenvalue weighted by atomic mass is 9.92. The van der Waals surface area contributed by atoms with Crippen molar-refractivity contribution in [1.82, 2.24) is 10.6 Å². The zero-order valence-electron chi connectivity index (χ0n) is 18.3. The van der Waals surface area contributed by atoms with E-state index in [1.54, 1.807) is 43.3 Å². The van der Waals surface area contributed by atoms with Gasteiger partial charge in [0, 0.05) is 5.69 Å². The molecule has 8 heteroatoms. The summed E-state index contributed by atoms with van der Waals surface area (Å²) in [6, 6.07) is 23.2. The van der Waals surface area contributed by atoms with Gasteiger partial charge in [-0.15, -0.1) is 0 Å². The Morgan fingerprint density at radius 2 is 1.79 bits per heavy atom. The number of rotatable bonds is 6. The number of benzene rings is 3. The molecule has 4 amide bonds. The van der Waals surface area contributed by atoms with Crippen LogP contribution in [-0.2, 0) is 16.9 Å². The maximum atomic E-state index is 12.7. The number of furan rings is 1. The van der Waals surface area contributed by atoms with Crippen molar-refractivity contribution >= 4 is 34.3 Å². The first-order chi connectivity index (χ1) is 16.4. The molecule has 1 aliphatic heterocycles. The maximum absolute atomic E-state index is 12.7. The molecule has 5 rings (SSSR count). The molecule has 3 aromatic carbocycles. The number of carbonyl (C=O) groups excluding carboxylic acids is 3. The zero-order chi connectivity index (χ0) is 23.7. The second kappa shape index (κ2) is 8.40. The summed E-state index contributed by atoms with van der Waals surface area (Å²) in [6.07, 6.45) is 0. The number of hydrogen-bond donors (Lipinski definition) is 3. The number of amides is 4. The molecule has 3 N–H and O–H groups in total. The van der Waals surface area contributed by atoms with Crippen LogP contribution in [0, 0.1) is 0 Å². The van der Waals surface area contributed by atoms with E-state index >= 15 is 0 Å². The van der Waals surface area contributed by atoms with Crippen LogP contribution >= 0.6 is 0 Å². The molecule has 0 radical (unpaired) electrons. The highest BCUT2D eigenvalue weighted by Gasteiger charge is 2.43. The highest BCUT2D eigenvalue weighted by atomic mass is 16.5. The number of anilines is 1. The van der Waals surface area contributed by atoms with Gasteiger partial charge in [-0.2, -0.15) is 0 Å². The number of carbonyl (C=O) groups is 3. The van der Waals surface area contributed by atoms with E-state index in [-0.39, 0.29) is 12.4 Å². The highest BCUT2D eigenvalue weighted by molar-refractivity contribution is 6.07. The first-order valence-electron chi connectivity index (χ1n) is 10.7. The van der Waals surface area contributed by atoms with Gasteiger partial charge in [0.05, 0.1) is 0 Å². The predicted octanol–water partition coefficient (Wildman–Crippen LogP) is 4.32. The SMILES string of the molecule is CC1(c2cccc(NC(=O)c3ccc(COc4ccc5ccccc5c4)o3)c2)NC(=O)NC1=O. The highest BCUT2D eigenvalue weighted by Crippen LogP contribution is 2.27. The summed E-state index contributed by atoms with van der Waals surface area (Å²) >= 11 is 0. The molecule has 0 saturated carbocycles. The molecule has 8 nitrogen and oxygen atoms in total. The van der Waals surface area contributed by atoms with Crippen LogP contribution < -0.4 is 20.7 Å². The van der Waals surface area contributed by atoms with Crippen molar-refractivity contribution in [3.8, 4) is 5.75 Å². The second-order valence-corrected chi connectivity index (χ2v) is 8.13. The largest absolute Gasteiger partial charge is 0.486 e. The monoisotopic (exact) mass is 455 g/mol. The van der Waals surface area contributed by atoms with Crippen LogP contribution in [0.1, 0.15) is 28.8 Å². The summed E-state index contributed by atoms with van der Waals surface area (Å²) in [7, 11) is 0. The van der Waals surface area contributed by atoms with Crippen LogP contribution in [0.4, 0.5) is 10.5 Å². The molecule has 1 aliphatic rings. The van der Waals surface area contributed by atoms with Crippen molar-refractivity contribution < 1.29 is 23.5 Å². The second-order valence-electron chi connectivity index (χ2n) is 8.13. The standard InChI is InChI=1S/C26H21N3O5/c1-26(24(31)28-25(32)29-26)18-7-4-8-19(14-18)27-23(30)22-12-11-21(34-22)15-33-20-10-9-16-5-2-3-6-17(16)13-20/h2-14H,15H2,1H3,(H,27,30)(H2,28,29,31,32). The van der Waals surface area contributed by atoms with Crippen LogP contribution in [0.15, 0.2) is 83.3 Å². The van der Waals surface area contributed by atoms with Crippen LogP contribution in [0.5, 0.6) is 5.75 Å². The fourth-order valence-corrected chi connectivity index (χ4v) is 3.84. The van der Waals surface area contributed by atoms with Gasteiger partial charge in [-0.1, -0.05) is 42.5 Å². The van der Waals surface area contributed by atoms with E-state index in [4.69, 9.17) is 9.15 Å². The van der Waals surface area contributed by atoms with Gasteiger partial charge in [0.2, 0.25) is 0 Å². The van der Waals surface area contributed by atoms with Crippen molar-refractivity contribution in [2.45, 2.75) is 19.1 Å². The zero-order valence-corrected chi connectivity index (χ0v) is 18.3. The Kier molecular flexibility index (Phi) is 5.25. The van der Waals surface area contributed by atoms with E-state index in [1.165, 1.54) is 0 Å². The minimum Gasteiger partial charge on any atom is -0.486 e. The third kappa shape index (κ3) is 4.09. The minimum absolute atomic E-state index is 0.126. The molecule has 4 aromatic rings. The first kappa shape index (κ1) is 21.3. The Morgan fingerprint density at radius 3 is 2.59 bits per heavy atom. The fraction of sp³-hybridized carbons (Fsp3) is 0.115. The molecule has 2 heterocycles. The first-order valence-corrected chi connectivity index (χ1v) is 10.7. The number of urea groups is 1. The lowest BCUT2D eigenvalue weighted by Gasteiger charge is -2.21. The maximum Gasteiger partial charge on any atom is 0.322 e. The number of hydrogen-bond acceptors (Lipinski definition) is 5. The average molecular weight is 455 g/mol. The van der Waals surface area contributed by atoms with E-state index in [9.17, 15) is 14.4 Å². The van der Waals surface area contributed by atoms with E-state index in [1.807, 2.05) is 42.5 Å². The molecule has 1 aromatic heterocycles. The Balaban J connectivity index is 1.24. The Morgan fingerprint density at radius 1 is 0.971 bits per heavy atom. The summed E-state index contributed by atoms with van der Waals surface area (Å²) in [4.78, 5) is 36.4. The molecular formula is C26H21N3O5. The Hall–Kier alpha value is -4.59. The molecule has 1 saturated heterocycles. The number of nitrogens with one attached hydrogen (secondary N) is 3. The van der Waals surface area contributed by atoms with Crippen molar-refractivity contribution in [1.29, 1.82) is 0 Å². The van der Waals surface area contributed by atoms with Crippen molar-refractivity contribution in [2.24, 2.45) is 0 Å². The van der Waals surface area contributed by atoms with Crippen LogP contribution in [0.3, 0.4) is 0 Å². The summed E-state index contributed by atoms with van der Waals surface area (Å²) in [5.41, 5.74) is -0.212. The Labute approximate surface area is 194 Å². The molecule has 0 bridgehead atoms. The Bertz CT molecular complexity index is 1430. The van der Waals surface area contributed by atoms with Gasteiger partial charge in [-0.05, 0) is 59.7 Å². The summed E-state index contributed by atoms with van der Waals surface area (Å²) in [5.74, 6) is 0.433. The molecule has 34 heavy (non-hydrogen) atoms. The third-order valence-electron chi connectivity index (χ3n) is 5.73. The van der Waals surface area contributed by atoms with Crippen molar-refractivity contribution in [3.05, 3.63) is 95.9 Å². The molecule has 170 valence electrons. The van der Waals surface area contributed by atoms with E-state index in [0.717, 1.165) is 10.8 Å². The molecular weight excluding hydrogens is 434 g/mol. The number of imide groups is 1. The summed E-state index contributed by atoms with van der Waals surface area (Å²) in [5, 5.41) is 9.78. The summed E-state index contributed by atoms with van der Waals surface area (Å²) in [6.45, 7) is 1.77. The smallest absolute Gasteiger partial charge is 0.322 e. The number of fused-ring (bicyclic) bond motifs is 1. The van der Waals surface area contributed by atoms with E-state index < -0.39 is 23.4 Å². The van der Waals surface area contributed by atoms with Crippen LogP contribution in [-0.4, -0.2) is 17.8 Å². The minimum atomic E-state index is -1.21. The fourth-order valence-electron chi connectivity index (χ4n) is 3.84. The van der Waals surface area contributed by atoms with Gasteiger partial charge in [0.25, 0.3) is 11.8 Å². The van der Waals surface area contributed by atoms with Gasteiger partial charge in [0.15, 0.2) is 5.76 Å². The van der Waals surface area contributed by atoms with Gasteiger partial charge >= 0.3 is 6.03 Å². The van der Waals surface area contributed by atoms with Crippen LogP contribution in [0.2, 0.25) is 0 Å². The van der Waals surface area contributed by atoms with Gasteiger partial charge < -0.3 is 19.8 Å².